The Morgan fingerprint density at radius 2 is 1.83 bits per heavy atom. The van der Waals surface area contributed by atoms with Crippen molar-refractivity contribution in [3.63, 3.8) is 0 Å². The van der Waals surface area contributed by atoms with Gasteiger partial charge >= 0.3 is 0 Å². The maximum absolute atomic E-state index is 12.3. The summed E-state index contributed by atoms with van der Waals surface area (Å²) in [5.74, 6) is 0.724. The smallest absolute Gasteiger partial charge is 0.223 e. The molecule has 0 bridgehead atoms. The summed E-state index contributed by atoms with van der Waals surface area (Å²) < 4.78 is 0. The second-order valence-corrected chi connectivity index (χ2v) is 7.64. The van der Waals surface area contributed by atoms with Crippen LogP contribution < -0.4 is 11.1 Å². The summed E-state index contributed by atoms with van der Waals surface area (Å²) in [4.78, 5) is 12.3. The molecule has 0 spiro atoms. The molecule has 18 heavy (non-hydrogen) atoms. The van der Waals surface area contributed by atoms with Crippen molar-refractivity contribution in [3.8, 4) is 0 Å². The summed E-state index contributed by atoms with van der Waals surface area (Å²) in [5.41, 5.74) is 5.83. The zero-order chi connectivity index (χ0) is 14.0. The van der Waals surface area contributed by atoms with Gasteiger partial charge in [0.15, 0.2) is 0 Å². The summed E-state index contributed by atoms with van der Waals surface area (Å²) >= 11 is 0. The summed E-state index contributed by atoms with van der Waals surface area (Å²) in [5, 5.41) is 3.22. The molecule has 1 rings (SSSR count). The van der Waals surface area contributed by atoms with E-state index in [0.29, 0.717) is 12.5 Å². The fourth-order valence-corrected chi connectivity index (χ4v) is 3.46. The lowest BCUT2D eigenvalue weighted by molar-refractivity contribution is -0.127. The van der Waals surface area contributed by atoms with Crippen LogP contribution in [0.15, 0.2) is 0 Å². The molecule has 2 atom stereocenters. The third-order valence-corrected chi connectivity index (χ3v) is 3.73. The topological polar surface area (TPSA) is 55.1 Å². The largest absolute Gasteiger partial charge is 0.351 e. The molecule has 1 fully saturated rings. The maximum Gasteiger partial charge on any atom is 0.223 e. The maximum atomic E-state index is 12.3. The number of nitrogens with two attached hydrogens (primary N) is 1. The molecule has 1 aliphatic rings. The van der Waals surface area contributed by atoms with Gasteiger partial charge in [0.1, 0.15) is 0 Å². The van der Waals surface area contributed by atoms with Crippen molar-refractivity contribution in [2.75, 3.05) is 6.54 Å². The van der Waals surface area contributed by atoms with Crippen LogP contribution in [-0.4, -0.2) is 18.0 Å². The van der Waals surface area contributed by atoms with E-state index in [2.05, 4.69) is 39.9 Å². The quantitative estimate of drug-likeness (QED) is 0.810. The van der Waals surface area contributed by atoms with Crippen LogP contribution in [-0.2, 0) is 4.79 Å². The molecule has 0 aliphatic heterocycles. The van der Waals surface area contributed by atoms with Gasteiger partial charge in [0.05, 0.1) is 0 Å². The highest BCUT2D eigenvalue weighted by atomic mass is 16.2. The Bertz CT molecular complexity index is 291. The first kappa shape index (κ1) is 15.5. The SMILES string of the molecule is CC(C)(C)CC(C)(C)NC(=O)[C@@H]1CCC[C@@H]1CN. The molecule has 1 saturated carbocycles. The predicted molar refractivity (Wildman–Crippen MR) is 76.2 cm³/mol. The van der Waals surface area contributed by atoms with Crippen molar-refractivity contribution >= 4 is 5.91 Å². The average Bonchev–Trinajstić information content (AvgIpc) is 2.59. The van der Waals surface area contributed by atoms with Crippen LogP contribution in [0.5, 0.6) is 0 Å². The van der Waals surface area contributed by atoms with Crippen molar-refractivity contribution < 1.29 is 4.79 Å². The van der Waals surface area contributed by atoms with E-state index < -0.39 is 0 Å². The van der Waals surface area contributed by atoms with E-state index in [1.54, 1.807) is 0 Å². The first-order chi connectivity index (χ1) is 8.14. The van der Waals surface area contributed by atoms with Crippen LogP contribution >= 0.6 is 0 Å². The summed E-state index contributed by atoms with van der Waals surface area (Å²) in [6, 6.07) is 0. The molecule has 3 nitrogen and oxygen atoms in total. The van der Waals surface area contributed by atoms with E-state index in [1.165, 1.54) is 0 Å². The average molecular weight is 254 g/mol. The summed E-state index contributed by atoms with van der Waals surface area (Å²) in [6.07, 6.45) is 4.22. The molecule has 3 heteroatoms. The number of rotatable bonds is 4. The minimum Gasteiger partial charge on any atom is -0.351 e. The highest BCUT2D eigenvalue weighted by Gasteiger charge is 2.35. The molecule has 0 heterocycles. The third kappa shape index (κ3) is 4.60. The number of carbonyl (C=O) groups excluding carboxylic acids is 1. The fraction of sp³-hybridized carbons (Fsp3) is 0.933. The van der Waals surface area contributed by atoms with Gasteiger partial charge in [0.2, 0.25) is 5.91 Å². The minimum absolute atomic E-state index is 0.134. The van der Waals surface area contributed by atoms with Crippen LogP contribution in [0.2, 0.25) is 0 Å². The number of nitrogens with one attached hydrogen (secondary N) is 1. The third-order valence-electron chi connectivity index (χ3n) is 3.73. The Hall–Kier alpha value is -0.570. The Labute approximate surface area is 112 Å². The van der Waals surface area contributed by atoms with Crippen LogP contribution in [0.1, 0.15) is 60.3 Å². The lowest BCUT2D eigenvalue weighted by Crippen LogP contribution is -2.49. The van der Waals surface area contributed by atoms with Crippen molar-refractivity contribution in [1.29, 1.82) is 0 Å². The standard InChI is InChI=1S/C15H30N2O/c1-14(2,3)10-15(4,5)17-13(18)12-8-6-7-11(12)9-16/h11-12H,6-10,16H2,1-5H3,(H,17,18)/t11-,12-/m1/s1. The fourth-order valence-electron chi connectivity index (χ4n) is 3.46. The molecule has 3 N–H and O–H groups in total. The van der Waals surface area contributed by atoms with E-state index in [0.717, 1.165) is 25.7 Å². The van der Waals surface area contributed by atoms with Crippen LogP contribution in [0, 0.1) is 17.3 Å². The first-order valence-corrected chi connectivity index (χ1v) is 7.17. The number of carbonyl (C=O) groups is 1. The van der Waals surface area contributed by atoms with Gasteiger partial charge in [-0.2, -0.15) is 0 Å². The van der Waals surface area contributed by atoms with Crippen LogP contribution in [0.25, 0.3) is 0 Å². The highest BCUT2D eigenvalue weighted by molar-refractivity contribution is 5.80. The zero-order valence-electron chi connectivity index (χ0n) is 12.7. The predicted octanol–water partition coefficient (Wildman–Crippen LogP) is 2.69. The van der Waals surface area contributed by atoms with Gasteiger partial charge in [-0.25, -0.2) is 0 Å². The van der Waals surface area contributed by atoms with E-state index in [9.17, 15) is 4.79 Å². The Morgan fingerprint density at radius 3 is 2.33 bits per heavy atom. The van der Waals surface area contributed by atoms with Gasteiger partial charge in [-0.1, -0.05) is 27.2 Å². The molecular weight excluding hydrogens is 224 g/mol. The van der Waals surface area contributed by atoms with Gasteiger partial charge in [0, 0.05) is 11.5 Å². The van der Waals surface area contributed by atoms with Crippen LogP contribution in [0.4, 0.5) is 0 Å². The molecule has 1 amide bonds. The van der Waals surface area contributed by atoms with Crippen molar-refractivity contribution in [3.05, 3.63) is 0 Å². The monoisotopic (exact) mass is 254 g/mol. The van der Waals surface area contributed by atoms with Gasteiger partial charge in [-0.05, 0) is 51.0 Å². The zero-order valence-corrected chi connectivity index (χ0v) is 12.7. The molecule has 0 unspecified atom stereocenters. The lowest BCUT2D eigenvalue weighted by Gasteiger charge is -2.34. The number of amides is 1. The lowest BCUT2D eigenvalue weighted by atomic mass is 9.81. The van der Waals surface area contributed by atoms with Gasteiger partial charge in [-0.3, -0.25) is 4.79 Å². The Kier molecular flexibility index (Phi) is 4.82. The number of hydrogen-bond donors (Lipinski definition) is 2. The molecule has 0 aromatic heterocycles. The summed E-state index contributed by atoms with van der Waals surface area (Å²) in [6.45, 7) is 11.5. The van der Waals surface area contributed by atoms with E-state index >= 15 is 0 Å². The van der Waals surface area contributed by atoms with E-state index in [1.807, 2.05) is 0 Å². The van der Waals surface area contributed by atoms with Gasteiger partial charge in [-0.15, -0.1) is 0 Å². The van der Waals surface area contributed by atoms with Crippen molar-refractivity contribution in [1.82, 2.24) is 5.32 Å². The van der Waals surface area contributed by atoms with E-state index in [4.69, 9.17) is 5.73 Å². The van der Waals surface area contributed by atoms with Crippen molar-refractivity contribution in [2.45, 2.75) is 65.8 Å². The molecule has 0 aromatic carbocycles. The molecule has 106 valence electrons. The second kappa shape index (κ2) is 5.60. The van der Waals surface area contributed by atoms with Crippen molar-refractivity contribution in [2.24, 2.45) is 23.0 Å². The summed E-state index contributed by atoms with van der Waals surface area (Å²) in [7, 11) is 0. The van der Waals surface area contributed by atoms with Crippen LogP contribution in [0.3, 0.4) is 0 Å². The number of hydrogen-bond acceptors (Lipinski definition) is 2. The Balaban J connectivity index is 2.58. The normalized spacial score (nSPS) is 25.2. The van der Waals surface area contributed by atoms with Gasteiger partial charge < -0.3 is 11.1 Å². The second-order valence-electron chi connectivity index (χ2n) is 7.64. The first-order valence-electron chi connectivity index (χ1n) is 7.17. The highest BCUT2D eigenvalue weighted by Crippen LogP contribution is 2.32. The Morgan fingerprint density at radius 1 is 1.22 bits per heavy atom. The minimum atomic E-state index is -0.142. The molecule has 0 radical (unpaired) electrons. The molecule has 1 aliphatic carbocycles. The van der Waals surface area contributed by atoms with Gasteiger partial charge in [0.25, 0.3) is 0 Å². The molecule has 0 aromatic rings. The van der Waals surface area contributed by atoms with E-state index in [-0.39, 0.29) is 22.8 Å². The molecule has 0 saturated heterocycles. The molecular formula is C15H30N2O.